The van der Waals surface area contributed by atoms with Crippen LogP contribution in [0, 0.1) is 6.92 Å². The van der Waals surface area contributed by atoms with Crippen LogP contribution in [0.5, 0.6) is 0 Å². The number of anilines is 1. The number of hydrogen-bond donors (Lipinski definition) is 1. The lowest BCUT2D eigenvalue weighted by molar-refractivity contribution is 1.03. The second-order valence-corrected chi connectivity index (χ2v) is 5.15. The maximum Gasteiger partial charge on any atom is 0.205 e. The molecule has 3 aromatic rings. The maximum absolute atomic E-state index is 4.35. The Bertz CT molecular complexity index is 672. The van der Waals surface area contributed by atoms with Crippen molar-refractivity contribution in [2.45, 2.75) is 13.5 Å². The second kappa shape index (κ2) is 4.70. The molecule has 2 aromatic heterocycles. The molecule has 0 amide bonds. The van der Waals surface area contributed by atoms with E-state index in [1.165, 1.54) is 10.9 Å². The number of para-hydroxylation sites is 1. The Kier molecular flexibility index (Phi) is 2.90. The summed E-state index contributed by atoms with van der Waals surface area (Å²) >= 11 is 1.56. The van der Waals surface area contributed by atoms with Crippen molar-refractivity contribution in [1.29, 1.82) is 0 Å². The van der Waals surface area contributed by atoms with Gasteiger partial charge in [-0.25, -0.2) is 0 Å². The molecule has 4 nitrogen and oxygen atoms in total. The van der Waals surface area contributed by atoms with Crippen molar-refractivity contribution in [3.05, 3.63) is 47.1 Å². The molecule has 0 saturated carbocycles. The second-order valence-electron chi connectivity index (χ2n) is 3.97. The van der Waals surface area contributed by atoms with E-state index in [1.807, 2.05) is 37.4 Å². The highest BCUT2D eigenvalue weighted by molar-refractivity contribution is 7.15. The third kappa shape index (κ3) is 2.17. The Balaban J connectivity index is 1.86. The molecule has 0 unspecified atom stereocenters. The van der Waals surface area contributed by atoms with E-state index in [2.05, 4.69) is 26.6 Å². The third-order valence-electron chi connectivity index (χ3n) is 2.70. The fourth-order valence-corrected chi connectivity index (χ4v) is 2.44. The summed E-state index contributed by atoms with van der Waals surface area (Å²) in [5, 5.41) is 14.3. The molecule has 0 fully saturated rings. The fraction of sp³-hybridized carbons (Fsp3) is 0.154. The van der Waals surface area contributed by atoms with Crippen LogP contribution < -0.4 is 5.32 Å². The first kappa shape index (κ1) is 11.1. The molecular weight excluding hydrogens is 244 g/mol. The number of nitrogens with one attached hydrogen (secondary N) is 1. The number of aromatic nitrogens is 3. The maximum atomic E-state index is 4.35. The molecule has 0 spiro atoms. The molecule has 1 N–H and O–H groups in total. The minimum atomic E-state index is 0.734. The highest BCUT2D eigenvalue weighted by Gasteiger charge is 2.03. The molecule has 0 aliphatic rings. The number of nitrogens with zero attached hydrogens (tertiary/aromatic N) is 3. The molecule has 90 valence electrons. The summed E-state index contributed by atoms with van der Waals surface area (Å²) in [6.45, 7) is 2.68. The van der Waals surface area contributed by atoms with E-state index in [0.717, 1.165) is 22.2 Å². The van der Waals surface area contributed by atoms with Crippen LogP contribution in [0.2, 0.25) is 0 Å². The molecule has 1 aromatic carbocycles. The van der Waals surface area contributed by atoms with Crippen LogP contribution in [0.1, 0.15) is 10.6 Å². The first-order valence-corrected chi connectivity index (χ1v) is 6.51. The lowest BCUT2D eigenvalue weighted by Crippen LogP contribution is -2.00. The fourth-order valence-electron chi connectivity index (χ4n) is 1.85. The molecule has 0 atom stereocenters. The van der Waals surface area contributed by atoms with Gasteiger partial charge < -0.3 is 5.32 Å². The van der Waals surface area contributed by atoms with Gasteiger partial charge in [0, 0.05) is 18.1 Å². The average molecular weight is 256 g/mol. The molecule has 3 rings (SSSR count). The van der Waals surface area contributed by atoms with Gasteiger partial charge in [-0.1, -0.05) is 29.5 Å². The largest absolute Gasteiger partial charge is 0.356 e. The topological polar surface area (TPSA) is 50.7 Å². The number of pyridine rings is 1. The SMILES string of the molecule is Cc1nnc(NCc2ccnc3ccccc23)s1. The Hall–Kier alpha value is -2.01. The van der Waals surface area contributed by atoms with Gasteiger partial charge in [-0.3, -0.25) is 4.98 Å². The van der Waals surface area contributed by atoms with Gasteiger partial charge in [0.15, 0.2) is 0 Å². The highest BCUT2D eigenvalue weighted by atomic mass is 32.1. The number of fused-ring (bicyclic) bond motifs is 1. The van der Waals surface area contributed by atoms with Crippen molar-refractivity contribution < 1.29 is 0 Å². The van der Waals surface area contributed by atoms with Crippen LogP contribution in [-0.2, 0) is 6.54 Å². The number of benzene rings is 1. The van der Waals surface area contributed by atoms with Crippen LogP contribution in [0.3, 0.4) is 0 Å². The van der Waals surface area contributed by atoms with E-state index in [9.17, 15) is 0 Å². The zero-order valence-electron chi connectivity index (χ0n) is 9.92. The van der Waals surface area contributed by atoms with Gasteiger partial charge in [0.05, 0.1) is 5.52 Å². The predicted octanol–water partition coefficient (Wildman–Crippen LogP) is 3.01. The molecule has 0 aliphatic carbocycles. The molecule has 18 heavy (non-hydrogen) atoms. The summed E-state index contributed by atoms with van der Waals surface area (Å²) < 4.78 is 0. The van der Waals surface area contributed by atoms with Crippen LogP contribution >= 0.6 is 11.3 Å². The minimum absolute atomic E-state index is 0.734. The smallest absolute Gasteiger partial charge is 0.205 e. The Morgan fingerprint density at radius 3 is 2.89 bits per heavy atom. The van der Waals surface area contributed by atoms with Gasteiger partial charge in [0.2, 0.25) is 5.13 Å². The molecular formula is C13H12N4S. The van der Waals surface area contributed by atoms with Crippen LogP contribution in [0.25, 0.3) is 10.9 Å². The van der Waals surface area contributed by atoms with E-state index < -0.39 is 0 Å². The lowest BCUT2D eigenvalue weighted by Gasteiger charge is -2.06. The summed E-state index contributed by atoms with van der Waals surface area (Å²) in [4.78, 5) is 4.35. The number of rotatable bonds is 3. The van der Waals surface area contributed by atoms with Gasteiger partial charge in [-0.05, 0) is 24.6 Å². The predicted molar refractivity (Wildman–Crippen MR) is 73.7 cm³/mol. The molecule has 0 saturated heterocycles. The standard InChI is InChI=1S/C13H12N4S/c1-9-16-17-13(18-9)15-8-10-6-7-14-12-5-3-2-4-11(10)12/h2-7H,8H2,1H3,(H,15,17). The molecule has 0 radical (unpaired) electrons. The Morgan fingerprint density at radius 2 is 2.06 bits per heavy atom. The van der Waals surface area contributed by atoms with Crippen molar-refractivity contribution in [1.82, 2.24) is 15.2 Å². The number of hydrogen-bond acceptors (Lipinski definition) is 5. The van der Waals surface area contributed by atoms with Crippen molar-refractivity contribution in [3.8, 4) is 0 Å². The number of aryl methyl sites for hydroxylation is 1. The normalized spacial score (nSPS) is 10.7. The van der Waals surface area contributed by atoms with Gasteiger partial charge in [0.25, 0.3) is 0 Å². The van der Waals surface area contributed by atoms with E-state index in [4.69, 9.17) is 0 Å². The van der Waals surface area contributed by atoms with Crippen molar-refractivity contribution in [2.75, 3.05) is 5.32 Å². The quantitative estimate of drug-likeness (QED) is 0.782. The monoisotopic (exact) mass is 256 g/mol. The van der Waals surface area contributed by atoms with Gasteiger partial charge in [-0.15, -0.1) is 10.2 Å². The zero-order chi connectivity index (χ0) is 12.4. The van der Waals surface area contributed by atoms with E-state index >= 15 is 0 Å². The Morgan fingerprint density at radius 1 is 1.17 bits per heavy atom. The van der Waals surface area contributed by atoms with Crippen molar-refractivity contribution >= 4 is 27.4 Å². The highest BCUT2D eigenvalue weighted by Crippen LogP contribution is 2.19. The lowest BCUT2D eigenvalue weighted by atomic mass is 10.1. The zero-order valence-corrected chi connectivity index (χ0v) is 10.7. The first-order chi connectivity index (χ1) is 8.83. The Labute approximate surface area is 109 Å². The minimum Gasteiger partial charge on any atom is -0.356 e. The van der Waals surface area contributed by atoms with E-state index in [1.54, 1.807) is 11.3 Å². The summed E-state index contributed by atoms with van der Waals surface area (Å²) in [6.07, 6.45) is 1.84. The molecule has 0 aliphatic heterocycles. The summed E-state index contributed by atoms with van der Waals surface area (Å²) in [7, 11) is 0. The van der Waals surface area contributed by atoms with Gasteiger partial charge in [0.1, 0.15) is 5.01 Å². The third-order valence-corrected chi connectivity index (χ3v) is 3.49. The van der Waals surface area contributed by atoms with Crippen LogP contribution in [-0.4, -0.2) is 15.2 Å². The van der Waals surface area contributed by atoms with Crippen molar-refractivity contribution in [2.24, 2.45) is 0 Å². The van der Waals surface area contributed by atoms with Gasteiger partial charge >= 0.3 is 0 Å². The molecule has 5 heteroatoms. The van der Waals surface area contributed by atoms with Crippen LogP contribution in [0.4, 0.5) is 5.13 Å². The first-order valence-electron chi connectivity index (χ1n) is 5.69. The van der Waals surface area contributed by atoms with E-state index in [0.29, 0.717) is 0 Å². The molecule has 0 bridgehead atoms. The van der Waals surface area contributed by atoms with E-state index in [-0.39, 0.29) is 0 Å². The summed E-state index contributed by atoms with van der Waals surface area (Å²) in [6, 6.07) is 10.2. The van der Waals surface area contributed by atoms with Gasteiger partial charge in [-0.2, -0.15) is 0 Å². The average Bonchev–Trinajstić information content (AvgIpc) is 2.82. The summed E-state index contributed by atoms with van der Waals surface area (Å²) in [5.74, 6) is 0. The van der Waals surface area contributed by atoms with Crippen LogP contribution in [0.15, 0.2) is 36.5 Å². The van der Waals surface area contributed by atoms with Crippen molar-refractivity contribution in [3.63, 3.8) is 0 Å². The molecule has 2 heterocycles. The summed E-state index contributed by atoms with van der Waals surface area (Å²) in [5.41, 5.74) is 2.23.